The molecule has 23 heavy (non-hydrogen) atoms. The van der Waals surface area contributed by atoms with Crippen LogP contribution >= 0.6 is 0 Å². The Balaban J connectivity index is 1.79. The van der Waals surface area contributed by atoms with Crippen molar-refractivity contribution >= 4 is 16.8 Å². The summed E-state index contributed by atoms with van der Waals surface area (Å²) in [6.07, 6.45) is 1.11. The number of aryl methyl sites for hydroxylation is 2. The molecule has 0 bridgehead atoms. The van der Waals surface area contributed by atoms with E-state index in [9.17, 15) is 9.90 Å². The van der Waals surface area contributed by atoms with E-state index in [0.29, 0.717) is 23.7 Å². The summed E-state index contributed by atoms with van der Waals surface area (Å²) in [7, 11) is 2.10. The van der Waals surface area contributed by atoms with Crippen molar-refractivity contribution in [3.8, 4) is 5.75 Å². The second-order valence-electron chi connectivity index (χ2n) is 6.58. The molecule has 0 saturated carbocycles. The fraction of sp³-hybridized carbons (Fsp3) is 0.444. The molecular weight excluding hydrogens is 290 g/mol. The Morgan fingerprint density at radius 3 is 2.87 bits per heavy atom. The predicted octanol–water partition coefficient (Wildman–Crippen LogP) is 2.24. The molecule has 5 heteroatoms. The lowest BCUT2D eigenvalue weighted by Gasteiger charge is -2.12. The van der Waals surface area contributed by atoms with E-state index in [1.165, 1.54) is 0 Å². The first kappa shape index (κ1) is 15.7. The van der Waals surface area contributed by atoms with Gasteiger partial charge in [0.1, 0.15) is 17.0 Å². The number of pyridine rings is 1. The molecule has 3 rings (SSSR count). The third-order valence-electron chi connectivity index (χ3n) is 4.62. The zero-order valence-corrected chi connectivity index (χ0v) is 13.9. The first-order valence-electron chi connectivity index (χ1n) is 8.02. The summed E-state index contributed by atoms with van der Waals surface area (Å²) >= 11 is 0. The first-order valence-corrected chi connectivity index (χ1v) is 8.02. The van der Waals surface area contributed by atoms with Crippen LogP contribution in [0.5, 0.6) is 5.75 Å². The number of phenols is 1. The highest BCUT2D eigenvalue weighted by molar-refractivity contribution is 5.97. The maximum Gasteiger partial charge on any atom is 0.269 e. The molecule has 2 heterocycles. The Bertz CT molecular complexity index is 758. The predicted molar refractivity (Wildman–Crippen MR) is 90.8 cm³/mol. The number of rotatable bonds is 3. The number of hydrogen-bond acceptors (Lipinski definition) is 4. The van der Waals surface area contributed by atoms with Gasteiger partial charge in [-0.05, 0) is 57.0 Å². The molecule has 1 aromatic carbocycles. The van der Waals surface area contributed by atoms with Crippen LogP contribution in [0.3, 0.4) is 0 Å². The van der Waals surface area contributed by atoms with E-state index in [4.69, 9.17) is 0 Å². The molecule has 1 atom stereocenters. The van der Waals surface area contributed by atoms with Crippen molar-refractivity contribution in [1.29, 1.82) is 0 Å². The van der Waals surface area contributed by atoms with Gasteiger partial charge in [-0.3, -0.25) is 4.79 Å². The van der Waals surface area contributed by atoms with Crippen molar-refractivity contribution in [1.82, 2.24) is 15.2 Å². The number of nitrogens with one attached hydrogen (secondary N) is 1. The van der Waals surface area contributed by atoms with Gasteiger partial charge < -0.3 is 15.3 Å². The number of likely N-dealkylation sites (tertiary alicyclic amines) is 1. The normalized spacial score (nSPS) is 18.5. The van der Waals surface area contributed by atoms with Gasteiger partial charge in [-0.15, -0.1) is 0 Å². The average Bonchev–Trinajstić information content (AvgIpc) is 2.95. The van der Waals surface area contributed by atoms with Crippen LogP contribution in [-0.4, -0.2) is 47.6 Å². The van der Waals surface area contributed by atoms with Crippen LogP contribution in [0.1, 0.15) is 28.0 Å². The molecule has 122 valence electrons. The number of carbonyl (C=O) groups excluding carboxylic acids is 1. The minimum absolute atomic E-state index is 0.151. The summed E-state index contributed by atoms with van der Waals surface area (Å²) in [6, 6.07) is 5.50. The Kier molecular flexibility index (Phi) is 4.22. The van der Waals surface area contributed by atoms with Gasteiger partial charge in [0, 0.05) is 18.5 Å². The number of phenolic OH excluding ortho intramolecular Hbond substituents is 1. The van der Waals surface area contributed by atoms with Gasteiger partial charge in [-0.2, -0.15) is 0 Å². The Labute approximate surface area is 136 Å². The van der Waals surface area contributed by atoms with Crippen molar-refractivity contribution in [2.75, 3.05) is 26.7 Å². The van der Waals surface area contributed by atoms with E-state index in [1.807, 2.05) is 26.0 Å². The number of hydrogen-bond donors (Lipinski definition) is 2. The minimum Gasteiger partial charge on any atom is -0.505 e. The van der Waals surface area contributed by atoms with Crippen molar-refractivity contribution in [2.24, 2.45) is 5.92 Å². The smallest absolute Gasteiger partial charge is 0.269 e. The summed E-state index contributed by atoms with van der Waals surface area (Å²) in [4.78, 5) is 19.0. The van der Waals surface area contributed by atoms with Gasteiger partial charge >= 0.3 is 0 Å². The molecule has 0 radical (unpaired) electrons. The molecule has 5 nitrogen and oxygen atoms in total. The number of amides is 1. The second kappa shape index (κ2) is 6.16. The third kappa shape index (κ3) is 3.15. The molecule has 0 unspecified atom stereocenters. The lowest BCUT2D eigenvalue weighted by molar-refractivity contribution is 0.0943. The van der Waals surface area contributed by atoms with Crippen molar-refractivity contribution in [3.05, 3.63) is 35.0 Å². The van der Waals surface area contributed by atoms with Gasteiger partial charge in [0.15, 0.2) is 0 Å². The summed E-state index contributed by atoms with van der Waals surface area (Å²) < 4.78 is 0. The maximum atomic E-state index is 12.3. The van der Waals surface area contributed by atoms with Gasteiger partial charge in [-0.25, -0.2) is 4.98 Å². The van der Waals surface area contributed by atoms with Crippen LogP contribution in [0.4, 0.5) is 0 Å². The van der Waals surface area contributed by atoms with E-state index < -0.39 is 0 Å². The Morgan fingerprint density at radius 1 is 1.39 bits per heavy atom. The van der Waals surface area contributed by atoms with E-state index >= 15 is 0 Å². The molecule has 0 aliphatic carbocycles. The van der Waals surface area contributed by atoms with Crippen LogP contribution in [0, 0.1) is 19.8 Å². The highest BCUT2D eigenvalue weighted by Gasteiger charge is 2.20. The highest BCUT2D eigenvalue weighted by atomic mass is 16.3. The summed E-state index contributed by atoms with van der Waals surface area (Å²) in [5.41, 5.74) is 2.66. The molecule has 1 aliphatic rings. The standard InChI is InChI=1S/C18H23N3O2/c1-11-8-12(2)17(22)16-14(11)4-5-15(20-16)18(23)19-9-13-6-7-21(3)10-13/h4-5,8,13,22H,6-7,9-10H2,1-3H3,(H,19,23)/t13-/m0/s1. The van der Waals surface area contributed by atoms with Crippen LogP contribution < -0.4 is 5.32 Å². The van der Waals surface area contributed by atoms with Gasteiger partial charge in [-0.1, -0.05) is 12.1 Å². The van der Waals surface area contributed by atoms with Crippen molar-refractivity contribution < 1.29 is 9.90 Å². The van der Waals surface area contributed by atoms with Gasteiger partial charge in [0.2, 0.25) is 0 Å². The molecule has 2 N–H and O–H groups in total. The van der Waals surface area contributed by atoms with Crippen LogP contribution in [-0.2, 0) is 0 Å². The third-order valence-corrected chi connectivity index (χ3v) is 4.62. The lowest BCUT2D eigenvalue weighted by Crippen LogP contribution is -2.31. The molecule has 1 saturated heterocycles. The number of aromatic nitrogens is 1. The molecule has 1 amide bonds. The molecule has 1 fully saturated rings. The number of nitrogens with zero attached hydrogens (tertiary/aromatic N) is 2. The zero-order chi connectivity index (χ0) is 16.6. The SMILES string of the molecule is Cc1cc(C)c2ccc(C(=O)NC[C@@H]3CCN(C)C3)nc2c1O. The summed E-state index contributed by atoms with van der Waals surface area (Å²) in [5, 5.41) is 14.1. The van der Waals surface area contributed by atoms with Crippen LogP contribution in [0.15, 0.2) is 18.2 Å². The minimum atomic E-state index is -0.181. The van der Waals surface area contributed by atoms with Gasteiger partial charge in [0.25, 0.3) is 5.91 Å². The number of aromatic hydroxyl groups is 1. The number of fused-ring (bicyclic) bond motifs is 1. The second-order valence-corrected chi connectivity index (χ2v) is 6.58. The lowest BCUT2D eigenvalue weighted by atomic mass is 10.0. The van der Waals surface area contributed by atoms with E-state index in [1.54, 1.807) is 6.07 Å². The highest BCUT2D eigenvalue weighted by Crippen LogP contribution is 2.29. The van der Waals surface area contributed by atoms with Crippen LogP contribution in [0.2, 0.25) is 0 Å². The monoisotopic (exact) mass is 313 g/mol. The van der Waals surface area contributed by atoms with Crippen molar-refractivity contribution in [3.63, 3.8) is 0 Å². The Morgan fingerprint density at radius 2 is 2.17 bits per heavy atom. The van der Waals surface area contributed by atoms with Crippen molar-refractivity contribution in [2.45, 2.75) is 20.3 Å². The fourth-order valence-electron chi connectivity index (χ4n) is 3.26. The first-order chi connectivity index (χ1) is 11.0. The maximum absolute atomic E-state index is 12.3. The van der Waals surface area contributed by atoms with Gasteiger partial charge in [0.05, 0.1) is 0 Å². The number of benzene rings is 1. The fourth-order valence-corrected chi connectivity index (χ4v) is 3.26. The van der Waals surface area contributed by atoms with Crippen LogP contribution in [0.25, 0.3) is 10.9 Å². The van der Waals surface area contributed by atoms with E-state index in [2.05, 4.69) is 22.2 Å². The zero-order valence-electron chi connectivity index (χ0n) is 13.9. The number of carbonyl (C=O) groups is 1. The quantitative estimate of drug-likeness (QED) is 0.912. The van der Waals surface area contributed by atoms with E-state index in [0.717, 1.165) is 36.0 Å². The molecule has 0 spiro atoms. The largest absolute Gasteiger partial charge is 0.505 e. The molecular formula is C18H23N3O2. The molecule has 1 aromatic heterocycles. The summed E-state index contributed by atoms with van der Waals surface area (Å²) in [5.74, 6) is 0.472. The Hall–Kier alpha value is -2.14. The summed E-state index contributed by atoms with van der Waals surface area (Å²) in [6.45, 7) is 6.59. The average molecular weight is 313 g/mol. The molecule has 2 aromatic rings. The topological polar surface area (TPSA) is 65.5 Å². The van der Waals surface area contributed by atoms with E-state index in [-0.39, 0.29) is 11.7 Å². The molecule has 1 aliphatic heterocycles.